The van der Waals surface area contributed by atoms with Crippen molar-refractivity contribution < 1.29 is 9.47 Å². The Morgan fingerprint density at radius 2 is 2.24 bits per heavy atom. The third-order valence-corrected chi connectivity index (χ3v) is 3.33. The number of nitrogens with zero attached hydrogens (tertiary/aromatic N) is 2. The second-order valence-corrected chi connectivity index (χ2v) is 4.36. The van der Waals surface area contributed by atoms with Crippen LogP contribution in [-0.4, -0.2) is 29.7 Å². The van der Waals surface area contributed by atoms with Crippen LogP contribution < -0.4 is 4.74 Å². The molecule has 0 unspecified atom stereocenters. The zero-order chi connectivity index (χ0) is 11.7. The van der Waals surface area contributed by atoms with Gasteiger partial charge in [-0.15, -0.1) is 0 Å². The highest BCUT2D eigenvalue weighted by Gasteiger charge is 2.19. The first-order chi connectivity index (χ1) is 8.38. The van der Waals surface area contributed by atoms with Gasteiger partial charge in [0.15, 0.2) is 11.4 Å². The van der Waals surface area contributed by atoms with Crippen LogP contribution in [0.25, 0.3) is 5.65 Å². The molecule has 0 saturated carbocycles. The van der Waals surface area contributed by atoms with Crippen molar-refractivity contribution in [3.63, 3.8) is 0 Å². The maximum atomic E-state index is 5.38. The number of hydrogen-bond donors (Lipinski definition) is 0. The minimum atomic E-state index is 0.522. The van der Waals surface area contributed by atoms with Crippen LogP contribution in [0.5, 0.6) is 5.75 Å². The first kappa shape index (κ1) is 10.6. The Balaban J connectivity index is 2.00. The Morgan fingerprint density at radius 3 is 3.00 bits per heavy atom. The third-order valence-electron chi connectivity index (χ3n) is 3.33. The lowest BCUT2D eigenvalue weighted by atomic mass is 9.97. The molecular weight excluding hydrogens is 216 g/mol. The number of imidazole rings is 1. The number of methoxy groups -OCH3 is 1. The van der Waals surface area contributed by atoms with E-state index in [-0.39, 0.29) is 0 Å². The third kappa shape index (κ3) is 1.89. The average molecular weight is 232 g/mol. The van der Waals surface area contributed by atoms with Crippen molar-refractivity contribution in [1.29, 1.82) is 0 Å². The highest BCUT2D eigenvalue weighted by Crippen LogP contribution is 2.28. The van der Waals surface area contributed by atoms with Gasteiger partial charge in [-0.3, -0.25) is 0 Å². The van der Waals surface area contributed by atoms with Gasteiger partial charge in [-0.05, 0) is 25.0 Å². The molecule has 0 aromatic carbocycles. The van der Waals surface area contributed by atoms with Crippen LogP contribution in [0.2, 0.25) is 0 Å². The molecule has 1 saturated heterocycles. The Bertz CT molecular complexity index is 515. The standard InChI is InChI=1S/C13H16N2O2/c1-16-12-3-2-6-15-9-11(14-13(12)15)10-4-7-17-8-5-10/h2-3,6,9-10H,4-5,7-8H2,1H3. The van der Waals surface area contributed by atoms with Gasteiger partial charge in [-0.25, -0.2) is 4.98 Å². The van der Waals surface area contributed by atoms with Gasteiger partial charge in [0.2, 0.25) is 0 Å². The van der Waals surface area contributed by atoms with Crippen LogP contribution in [0.15, 0.2) is 24.5 Å². The van der Waals surface area contributed by atoms with Gasteiger partial charge < -0.3 is 13.9 Å². The van der Waals surface area contributed by atoms with Crippen LogP contribution in [0.3, 0.4) is 0 Å². The number of pyridine rings is 1. The van der Waals surface area contributed by atoms with Gasteiger partial charge in [-0.2, -0.15) is 0 Å². The summed E-state index contributed by atoms with van der Waals surface area (Å²) in [6, 6.07) is 3.91. The molecule has 0 aliphatic carbocycles. The summed E-state index contributed by atoms with van der Waals surface area (Å²) in [7, 11) is 1.68. The zero-order valence-electron chi connectivity index (χ0n) is 9.93. The molecule has 0 spiro atoms. The lowest BCUT2D eigenvalue weighted by Gasteiger charge is -2.19. The van der Waals surface area contributed by atoms with E-state index in [1.54, 1.807) is 7.11 Å². The smallest absolute Gasteiger partial charge is 0.179 e. The van der Waals surface area contributed by atoms with E-state index in [1.165, 1.54) is 0 Å². The van der Waals surface area contributed by atoms with Crippen LogP contribution in [0, 0.1) is 0 Å². The summed E-state index contributed by atoms with van der Waals surface area (Å²) < 4.78 is 12.7. The van der Waals surface area contributed by atoms with E-state index < -0.39 is 0 Å². The zero-order valence-corrected chi connectivity index (χ0v) is 9.93. The Morgan fingerprint density at radius 1 is 1.41 bits per heavy atom. The van der Waals surface area contributed by atoms with Crippen LogP contribution in [0.1, 0.15) is 24.5 Å². The van der Waals surface area contributed by atoms with Crippen molar-refractivity contribution in [3.05, 3.63) is 30.2 Å². The Labute approximate surface area is 100 Å². The minimum absolute atomic E-state index is 0.522. The van der Waals surface area contributed by atoms with E-state index in [9.17, 15) is 0 Å². The van der Waals surface area contributed by atoms with Crippen molar-refractivity contribution in [2.75, 3.05) is 20.3 Å². The van der Waals surface area contributed by atoms with Crippen molar-refractivity contribution in [2.45, 2.75) is 18.8 Å². The molecule has 4 heteroatoms. The fraction of sp³-hybridized carbons (Fsp3) is 0.462. The summed E-state index contributed by atoms with van der Waals surface area (Å²) in [6.07, 6.45) is 6.24. The molecule has 0 atom stereocenters. The van der Waals surface area contributed by atoms with E-state index in [4.69, 9.17) is 9.47 Å². The molecule has 4 nitrogen and oxygen atoms in total. The molecule has 0 radical (unpaired) electrons. The van der Waals surface area contributed by atoms with Crippen LogP contribution in [0.4, 0.5) is 0 Å². The summed E-state index contributed by atoms with van der Waals surface area (Å²) in [5.74, 6) is 1.35. The second kappa shape index (κ2) is 4.37. The summed E-state index contributed by atoms with van der Waals surface area (Å²) in [5, 5.41) is 0. The molecule has 0 N–H and O–H groups in total. The Kier molecular flexibility index (Phi) is 2.73. The molecule has 2 aromatic rings. The summed E-state index contributed by atoms with van der Waals surface area (Å²) in [4.78, 5) is 4.69. The number of ether oxygens (including phenoxy) is 2. The van der Waals surface area contributed by atoms with Gasteiger partial charge >= 0.3 is 0 Å². The van der Waals surface area contributed by atoms with E-state index >= 15 is 0 Å². The molecule has 3 heterocycles. The first-order valence-corrected chi connectivity index (χ1v) is 5.98. The summed E-state index contributed by atoms with van der Waals surface area (Å²) in [5.41, 5.74) is 2.05. The fourth-order valence-electron chi connectivity index (χ4n) is 2.36. The molecule has 0 amide bonds. The number of aromatic nitrogens is 2. The Hall–Kier alpha value is -1.55. The molecule has 1 fully saturated rings. The van der Waals surface area contributed by atoms with Crippen molar-refractivity contribution >= 4 is 5.65 Å². The highest BCUT2D eigenvalue weighted by atomic mass is 16.5. The molecule has 17 heavy (non-hydrogen) atoms. The van der Waals surface area contributed by atoms with Gasteiger partial charge in [0.1, 0.15) is 0 Å². The van der Waals surface area contributed by atoms with Crippen LogP contribution in [-0.2, 0) is 4.74 Å². The van der Waals surface area contributed by atoms with Crippen molar-refractivity contribution in [3.8, 4) is 5.75 Å². The van der Waals surface area contributed by atoms with Crippen LogP contribution >= 0.6 is 0 Å². The number of fused-ring (bicyclic) bond motifs is 1. The highest BCUT2D eigenvalue weighted by molar-refractivity contribution is 5.54. The molecular formula is C13H16N2O2. The largest absolute Gasteiger partial charge is 0.493 e. The molecule has 90 valence electrons. The summed E-state index contributed by atoms with van der Waals surface area (Å²) in [6.45, 7) is 1.69. The molecule has 3 rings (SSSR count). The molecule has 0 bridgehead atoms. The molecule has 1 aliphatic heterocycles. The normalized spacial score (nSPS) is 17.5. The van der Waals surface area contributed by atoms with E-state index in [0.717, 1.165) is 43.1 Å². The average Bonchev–Trinajstić information content (AvgIpc) is 2.83. The maximum Gasteiger partial charge on any atom is 0.179 e. The van der Waals surface area contributed by atoms with Crippen molar-refractivity contribution in [2.24, 2.45) is 0 Å². The number of hydrogen-bond acceptors (Lipinski definition) is 3. The molecule has 1 aliphatic rings. The predicted molar refractivity (Wildman–Crippen MR) is 64.5 cm³/mol. The maximum absolute atomic E-state index is 5.38. The van der Waals surface area contributed by atoms with Crippen molar-refractivity contribution in [1.82, 2.24) is 9.38 Å². The van der Waals surface area contributed by atoms with Gasteiger partial charge in [0.25, 0.3) is 0 Å². The summed E-state index contributed by atoms with van der Waals surface area (Å²) >= 11 is 0. The minimum Gasteiger partial charge on any atom is -0.493 e. The monoisotopic (exact) mass is 232 g/mol. The quantitative estimate of drug-likeness (QED) is 0.796. The predicted octanol–water partition coefficient (Wildman–Crippen LogP) is 2.24. The fourth-order valence-corrected chi connectivity index (χ4v) is 2.36. The topological polar surface area (TPSA) is 35.8 Å². The SMILES string of the molecule is COc1cccn2cc(C3CCOCC3)nc12. The number of rotatable bonds is 2. The van der Waals surface area contributed by atoms with E-state index in [1.807, 2.05) is 22.7 Å². The first-order valence-electron chi connectivity index (χ1n) is 5.98. The van der Waals surface area contributed by atoms with Gasteiger partial charge in [0, 0.05) is 31.5 Å². The lowest BCUT2D eigenvalue weighted by molar-refractivity contribution is 0.0846. The van der Waals surface area contributed by atoms with E-state index in [2.05, 4.69) is 11.2 Å². The molecule has 2 aromatic heterocycles. The van der Waals surface area contributed by atoms with Gasteiger partial charge in [-0.1, -0.05) is 0 Å². The second-order valence-electron chi connectivity index (χ2n) is 4.36. The lowest BCUT2D eigenvalue weighted by Crippen LogP contribution is -2.14. The van der Waals surface area contributed by atoms with Gasteiger partial charge in [0.05, 0.1) is 12.8 Å². The van der Waals surface area contributed by atoms with E-state index in [0.29, 0.717) is 5.92 Å².